The van der Waals surface area contributed by atoms with Gasteiger partial charge in [0.1, 0.15) is 0 Å². The maximum absolute atomic E-state index is 3.81. The Kier molecular flexibility index (Phi) is 4.41. The monoisotopic (exact) mass is 121 g/mol. The van der Waals surface area contributed by atoms with Crippen molar-refractivity contribution in [2.24, 2.45) is 4.99 Å². The van der Waals surface area contributed by atoms with Gasteiger partial charge in [-0.3, -0.25) is 4.99 Å². The summed E-state index contributed by atoms with van der Waals surface area (Å²) in [5.41, 5.74) is 0.979. The third-order valence-corrected chi connectivity index (χ3v) is 0.824. The Labute approximate surface area is 56.1 Å². The van der Waals surface area contributed by atoms with Crippen molar-refractivity contribution in [1.29, 1.82) is 0 Å². The number of rotatable bonds is 3. The average Bonchev–Trinajstić information content (AvgIpc) is 1.88. The molecule has 0 saturated carbocycles. The van der Waals surface area contributed by atoms with Crippen LogP contribution in [0.5, 0.6) is 0 Å². The Hall–Kier alpha value is -1.11. The molecule has 0 rings (SSSR count). The average molecular weight is 121 g/mol. The van der Waals surface area contributed by atoms with E-state index in [0.29, 0.717) is 0 Å². The Morgan fingerprint density at radius 3 is 2.44 bits per heavy atom. The summed E-state index contributed by atoms with van der Waals surface area (Å²) in [5, 5.41) is 0. The van der Waals surface area contributed by atoms with Crippen molar-refractivity contribution >= 4 is 6.21 Å². The summed E-state index contributed by atoms with van der Waals surface area (Å²) in [5.74, 6) is 0. The van der Waals surface area contributed by atoms with Gasteiger partial charge in [0.15, 0.2) is 0 Å². The van der Waals surface area contributed by atoms with E-state index in [0.717, 1.165) is 5.57 Å². The summed E-state index contributed by atoms with van der Waals surface area (Å²) in [6.45, 7) is 7.14. The van der Waals surface area contributed by atoms with E-state index in [4.69, 9.17) is 0 Å². The predicted molar refractivity (Wildman–Crippen MR) is 42.9 cm³/mol. The minimum absolute atomic E-state index is 0.979. The van der Waals surface area contributed by atoms with Crippen LogP contribution in [0.1, 0.15) is 0 Å². The molecule has 0 spiro atoms. The van der Waals surface area contributed by atoms with E-state index in [1.165, 1.54) is 0 Å². The van der Waals surface area contributed by atoms with Crippen LogP contribution in [0.2, 0.25) is 0 Å². The molecule has 0 aliphatic heterocycles. The molecule has 0 amide bonds. The molecular weight excluding hydrogens is 110 g/mol. The number of aliphatic imine (C=N–C) groups is 1. The molecule has 0 saturated heterocycles. The fourth-order valence-corrected chi connectivity index (χ4v) is 0.449. The van der Waals surface area contributed by atoms with Crippen molar-refractivity contribution in [1.82, 2.24) is 0 Å². The number of hydrogen-bond acceptors (Lipinski definition) is 1. The van der Waals surface area contributed by atoms with Crippen molar-refractivity contribution in [3.8, 4) is 0 Å². The lowest BCUT2D eigenvalue weighted by Gasteiger charge is -1.84. The highest BCUT2D eigenvalue weighted by Crippen LogP contribution is 1.90. The molecule has 0 fully saturated rings. The first-order chi connectivity index (χ1) is 4.35. The van der Waals surface area contributed by atoms with Crippen molar-refractivity contribution in [2.75, 3.05) is 7.05 Å². The molecule has 1 nitrogen and oxygen atoms in total. The summed E-state index contributed by atoms with van der Waals surface area (Å²) >= 11 is 0. The van der Waals surface area contributed by atoms with Gasteiger partial charge >= 0.3 is 0 Å². The van der Waals surface area contributed by atoms with E-state index in [1.807, 2.05) is 6.08 Å². The lowest BCUT2D eigenvalue weighted by Crippen LogP contribution is -1.75. The Morgan fingerprint density at radius 2 is 2.11 bits per heavy atom. The van der Waals surface area contributed by atoms with Gasteiger partial charge in [0, 0.05) is 13.3 Å². The minimum atomic E-state index is 0.979. The smallest absolute Gasteiger partial charge is 0.0281 e. The normalized spacial score (nSPS) is 11.9. The fourth-order valence-electron chi connectivity index (χ4n) is 0.449. The second kappa shape index (κ2) is 5.04. The highest BCUT2D eigenvalue weighted by atomic mass is 14.6. The van der Waals surface area contributed by atoms with Crippen LogP contribution < -0.4 is 0 Å². The molecule has 0 N–H and O–H groups in total. The van der Waals surface area contributed by atoms with Gasteiger partial charge in [-0.2, -0.15) is 0 Å². The van der Waals surface area contributed by atoms with Crippen LogP contribution in [-0.2, 0) is 0 Å². The van der Waals surface area contributed by atoms with Crippen LogP contribution in [-0.4, -0.2) is 13.3 Å². The molecule has 0 aromatic heterocycles. The topological polar surface area (TPSA) is 12.4 Å². The molecule has 0 unspecified atom stereocenters. The summed E-state index contributed by atoms with van der Waals surface area (Å²) in [6.07, 6.45) is 7.02. The predicted octanol–water partition coefficient (Wildman–Crippen LogP) is 1.99. The van der Waals surface area contributed by atoms with Crippen LogP contribution in [0, 0.1) is 0 Å². The molecule has 0 radical (unpaired) electrons. The van der Waals surface area contributed by atoms with E-state index in [-0.39, 0.29) is 0 Å². The maximum Gasteiger partial charge on any atom is 0.0281 e. The van der Waals surface area contributed by atoms with Crippen LogP contribution in [0.15, 0.2) is 42.0 Å². The zero-order chi connectivity index (χ0) is 7.11. The molecule has 1 heteroatoms. The highest BCUT2D eigenvalue weighted by molar-refractivity contribution is 5.82. The van der Waals surface area contributed by atoms with E-state index < -0.39 is 0 Å². The largest absolute Gasteiger partial charge is 0.296 e. The molecule has 0 aliphatic rings. The molecule has 0 aromatic carbocycles. The number of allylic oxidation sites excluding steroid dienone is 4. The standard InChI is InChI=1S/C8H11N/c1-4-6-8(5-2)7-9-3/h4-7H,1-2H2,3H3. The summed E-state index contributed by atoms with van der Waals surface area (Å²) < 4.78 is 0. The highest BCUT2D eigenvalue weighted by Gasteiger charge is 1.77. The molecule has 0 aromatic rings. The molecule has 0 aliphatic carbocycles. The zero-order valence-corrected chi connectivity index (χ0v) is 5.67. The summed E-state index contributed by atoms with van der Waals surface area (Å²) in [4.78, 5) is 3.81. The van der Waals surface area contributed by atoms with Gasteiger partial charge in [0.25, 0.3) is 0 Å². The van der Waals surface area contributed by atoms with Gasteiger partial charge in [-0.05, 0) is 5.57 Å². The van der Waals surface area contributed by atoms with Crippen molar-refractivity contribution in [3.05, 3.63) is 37.0 Å². The van der Waals surface area contributed by atoms with Crippen molar-refractivity contribution in [2.45, 2.75) is 0 Å². The molecule has 9 heavy (non-hydrogen) atoms. The lowest BCUT2D eigenvalue weighted by molar-refractivity contribution is 1.47. The van der Waals surface area contributed by atoms with E-state index in [2.05, 4.69) is 18.2 Å². The molecule has 48 valence electrons. The zero-order valence-electron chi connectivity index (χ0n) is 5.67. The molecule has 0 bridgehead atoms. The van der Waals surface area contributed by atoms with Gasteiger partial charge in [-0.1, -0.05) is 31.4 Å². The third-order valence-electron chi connectivity index (χ3n) is 0.824. The Morgan fingerprint density at radius 1 is 1.44 bits per heavy atom. The first-order valence-corrected chi connectivity index (χ1v) is 2.72. The van der Waals surface area contributed by atoms with E-state index in [9.17, 15) is 0 Å². The summed E-state index contributed by atoms with van der Waals surface area (Å²) in [6, 6.07) is 0. The second-order valence-electron chi connectivity index (χ2n) is 1.49. The van der Waals surface area contributed by atoms with E-state index >= 15 is 0 Å². The van der Waals surface area contributed by atoms with Gasteiger partial charge in [0.2, 0.25) is 0 Å². The van der Waals surface area contributed by atoms with Gasteiger partial charge in [0.05, 0.1) is 0 Å². The molecular formula is C8H11N. The fraction of sp³-hybridized carbons (Fsp3) is 0.125. The SMILES string of the molecule is C=CC=C(C=C)C=NC. The number of nitrogens with zero attached hydrogens (tertiary/aromatic N) is 1. The van der Waals surface area contributed by atoms with Crippen LogP contribution in [0.3, 0.4) is 0 Å². The second-order valence-corrected chi connectivity index (χ2v) is 1.49. The quantitative estimate of drug-likeness (QED) is 0.400. The Balaban J connectivity index is 4.13. The summed E-state index contributed by atoms with van der Waals surface area (Å²) in [7, 11) is 1.72. The first kappa shape index (κ1) is 7.89. The number of hydrogen-bond donors (Lipinski definition) is 0. The third kappa shape index (κ3) is 3.47. The van der Waals surface area contributed by atoms with Crippen molar-refractivity contribution in [3.63, 3.8) is 0 Å². The van der Waals surface area contributed by atoms with Gasteiger partial charge in [-0.15, -0.1) is 0 Å². The molecule has 0 atom stereocenters. The lowest BCUT2D eigenvalue weighted by atomic mass is 10.3. The van der Waals surface area contributed by atoms with Gasteiger partial charge in [-0.25, -0.2) is 0 Å². The maximum atomic E-state index is 3.81. The van der Waals surface area contributed by atoms with E-state index in [1.54, 1.807) is 25.4 Å². The Bertz CT molecular complexity index is 152. The van der Waals surface area contributed by atoms with Crippen LogP contribution >= 0.6 is 0 Å². The first-order valence-electron chi connectivity index (χ1n) is 2.72. The minimum Gasteiger partial charge on any atom is -0.296 e. The van der Waals surface area contributed by atoms with Crippen LogP contribution in [0.25, 0.3) is 0 Å². The van der Waals surface area contributed by atoms with Gasteiger partial charge < -0.3 is 0 Å². The van der Waals surface area contributed by atoms with Crippen molar-refractivity contribution < 1.29 is 0 Å². The molecule has 0 heterocycles. The van der Waals surface area contributed by atoms with Crippen LogP contribution in [0.4, 0.5) is 0 Å².